The third-order valence-corrected chi connectivity index (χ3v) is 9.90. The van der Waals surface area contributed by atoms with E-state index in [-0.39, 0.29) is 5.54 Å². The maximum absolute atomic E-state index is 6.91. The molecule has 1 aromatic rings. The molecule has 7 rings (SSSR count). The normalized spacial score (nSPS) is 49.8. The molecule has 8 nitrogen and oxygen atoms in total. The van der Waals surface area contributed by atoms with E-state index in [1.54, 1.807) is 0 Å². The standard InChI is InChI=1S/C23H35N5O3/c1-20(2,24)13-28-19(25-26-27-28)7-14-3-5-22(6-4-14)29-23(31-30-22)17-9-15-8-16-10-18(23)12-21(15,16)11-17/h14-18H,3-13,24H2,1-2H3/t14-,15?,16?,17?,18?,21?,22+,23?. The zero-order chi connectivity index (χ0) is 21.1. The summed E-state index contributed by atoms with van der Waals surface area (Å²) in [4.78, 5) is 12.4. The second kappa shape index (κ2) is 6.07. The molecule has 6 fully saturated rings. The van der Waals surface area contributed by atoms with E-state index in [9.17, 15) is 0 Å². The van der Waals surface area contributed by atoms with Crippen LogP contribution in [0.1, 0.15) is 77.5 Å². The molecule has 4 unspecified atom stereocenters. The van der Waals surface area contributed by atoms with Gasteiger partial charge in [0.1, 0.15) is 0 Å². The maximum Gasteiger partial charge on any atom is 0.210 e. The Labute approximate surface area is 183 Å². The molecule has 0 amide bonds. The van der Waals surface area contributed by atoms with Crippen LogP contribution in [0.15, 0.2) is 0 Å². The first kappa shape index (κ1) is 19.4. The predicted molar refractivity (Wildman–Crippen MR) is 110 cm³/mol. The van der Waals surface area contributed by atoms with Crippen molar-refractivity contribution in [3.8, 4) is 0 Å². The second-order valence-corrected chi connectivity index (χ2v) is 12.4. The van der Waals surface area contributed by atoms with Crippen molar-refractivity contribution in [1.82, 2.24) is 20.2 Å². The van der Waals surface area contributed by atoms with Crippen LogP contribution in [0.4, 0.5) is 0 Å². The molecule has 2 N–H and O–H groups in total. The third-order valence-electron chi connectivity index (χ3n) is 9.90. The molecule has 4 atom stereocenters. The highest BCUT2D eigenvalue weighted by atomic mass is 17.3. The van der Waals surface area contributed by atoms with Crippen molar-refractivity contribution in [2.45, 2.75) is 102 Å². The van der Waals surface area contributed by atoms with Crippen LogP contribution in [0.3, 0.4) is 0 Å². The van der Waals surface area contributed by atoms with Gasteiger partial charge in [-0.25, -0.2) is 4.68 Å². The summed E-state index contributed by atoms with van der Waals surface area (Å²) in [6.07, 6.45) is 11.4. The lowest BCUT2D eigenvalue weighted by molar-refractivity contribution is -0.375. The van der Waals surface area contributed by atoms with Gasteiger partial charge in [0.25, 0.3) is 0 Å². The molecule has 8 heteroatoms. The Morgan fingerprint density at radius 1 is 1.03 bits per heavy atom. The van der Waals surface area contributed by atoms with Gasteiger partial charge in [-0.15, -0.1) is 5.10 Å². The van der Waals surface area contributed by atoms with E-state index in [0.717, 1.165) is 49.8 Å². The topological polar surface area (TPSA) is 97.3 Å². The van der Waals surface area contributed by atoms with Gasteiger partial charge in [0.15, 0.2) is 5.82 Å². The number of tetrazole rings is 1. The molecule has 1 aromatic heterocycles. The van der Waals surface area contributed by atoms with Crippen molar-refractivity contribution in [2.24, 2.45) is 40.7 Å². The zero-order valence-electron chi connectivity index (χ0n) is 18.8. The first-order valence-corrected chi connectivity index (χ1v) is 12.4. The fourth-order valence-electron chi connectivity index (χ4n) is 8.53. The Morgan fingerprint density at radius 3 is 2.39 bits per heavy atom. The van der Waals surface area contributed by atoms with Gasteiger partial charge < -0.3 is 10.5 Å². The number of aromatic nitrogens is 4. The van der Waals surface area contributed by atoms with Crippen LogP contribution in [0.5, 0.6) is 0 Å². The van der Waals surface area contributed by atoms with Crippen molar-refractivity contribution in [2.75, 3.05) is 0 Å². The minimum atomic E-state index is -0.545. The SMILES string of the molecule is CC(C)(N)Cn1nnnc1C[C@H]1CC[C@]2(CC1)OO[C@]1(O2)C2CC3CC4CC1CC34C2. The number of nitrogens with two attached hydrogens (primary N) is 1. The van der Waals surface area contributed by atoms with Gasteiger partial charge in [0.05, 0.1) is 6.54 Å². The minimum absolute atomic E-state index is 0.337. The molecule has 31 heavy (non-hydrogen) atoms. The zero-order valence-corrected chi connectivity index (χ0v) is 18.8. The van der Waals surface area contributed by atoms with E-state index in [2.05, 4.69) is 15.5 Å². The molecule has 0 aromatic carbocycles. The number of ether oxygens (including phenoxy) is 1. The van der Waals surface area contributed by atoms with Crippen LogP contribution >= 0.6 is 0 Å². The van der Waals surface area contributed by atoms with Gasteiger partial charge in [0.2, 0.25) is 11.6 Å². The first-order chi connectivity index (χ1) is 14.8. The highest BCUT2D eigenvalue weighted by molar-refractivity contribution is 5.21. The van der Waals surface area contributed by atoms with Gasteiger partial charge in [-0.1, -0.05) is 0 Å². The summed E-state index contributed by atoms with van der Waals surface area (Å²) in [6.45, 7) is 4.63. The quantitative estimate of drug-likeness (QED) is 0.735. The lowest BCUT2D eigenvalue weighted by Gasteiger charge is -2.49. The number of nitrogens with zero attached hydrogens (tertiary/aromatic N) is 4. The number of fused-ring (bicyclic) bond motifs is 4. The number of hydrogen-bond acceptors (Lipinski definition) is 7. The summed E-state index contributed by atoms with van der Waals surface area (Å²) in [5.41, 5.74) is 6.49. The van der Waals surface area contributed by atoms with E-state index < -0.39 is 11.6 Å². The van der Waals surface area contributed by atoms with E-state index in [0.29, 0.717) is 29.7 Å². The predicted octanol–water partition coefficient (Wildman–Crippen LogP) is 2.97. The van der Waals surface area contributed by atoms with Gasteiger partial charge in [-0.05, 0) is 92.4 Å². The summed E-state index contributed by atoms with van der Waals surface area (Å²) in [6, 6.07) is 0. The molecular formula is C23H35N5O3. The molecule has 3 bridgehead atoms. The largest absolute Gasteiger partial charge is 0.324 e. The molecule has 2 heterocycles. The molecule has 5 aliphatic carbocycles. The summed E-state index contributed by atoms with van der Waals surface area (Å²) >= 11 is 0. The minimum Gasteiger partial charge on any atom is -0.324 e. The number of rotatable bonds is 4. The van der Waals surface area contributed by atoms with E-state index in [1.165, 1.54) is 32.1 Å². The van der Waals surface area contributed by atoms with Crippen LogP contribution in [0, 0.1) is 35.0 Å². The summed E-state index contributed by atoms with van der Waals surface area (Å²) in [5.74, 6) is 3.38. The Morgan fingerprint density at radius 2 is 1.71 bits per heavy atom. The van der Waals surface area contributed by atoms with Gasteiger partial charge in [-0.3, -0.25) is 0 Å². The molecule has 0 radical (unpaired) electrons. The summed E-state index contributed by atoms with van der Waals surface area (Å²) < 4.78 is 8.78. The molecule has 6 aliphatic rings. The van der Waals surface area contributed by atoms with E-state index in [1.807, 2.05) is 18.5 Å². The van der Waals surface area contributed by atoms with Crippen molar-refractivity contribution in [3.05, 3.63) is 5.82 Å². The van der Waals surface area contributed by atoms with E-state index in [4.69, 9.17) is 20.2 Å². The smallest absolute Gasteiger partial charge is 0.210 e. The monoisotopic (exact) mass is 429 g/mol. The maximum atomic E-state index is 6.91. The van der Waals surface area contributed by atoms with Gasteiger partial charge in [-0.2, -0.15) is 9.78 Å². The molecule has 5 saturated carbocycles. The fraction of sp³-hybridized carbons (Fsp3) is 0.957. The van der Waals surface area contributed by atoms with E-state index >= 15 is 0 Å². The Hall–Kier alpha value is -1.09. The van der Waals surface area contributed by atoms with Crippen LogP contribution in [-0.2, 0) is 27.5 Å². The average Bonchev–Trinajstić information content (AvgIpc) is 3.42. The Bertz CT molecular complexity index is 862. The lowest BCUT2D eigenvalue weighted by Crippen LogP contribution is -2.50. The molecule has 3 spiro atoms. The fourth-order valence-corrected chi connectivity index (χ4v) is 8.53. The second-order valence-electron chi connectivity index (χ2n) is 12.4. The summed E-state index contributed by atoms with van der Waals surface area (Å²) in [7, 11) is 0. The molecule has 170 valence electrons. The highest BCUT2D eigenvalue weighted by Crippen LogP contribution is 2.79. The first-order valence-electron chi connectivity index (χ1n) is 12.4. The van der Waals surface area contributed by atoms with Crippen LogP contribution in [-0.4, -0.2) is 37.3 Å². The van der Waals surface area contributed by atoms with Crippen molar-refractivity contribution >= 4 is 0 Å². The average molecular weight is 430 g/mol. The highest BCUT2D eigenvalue weighted by Gasteiger charge is 2.77. The lowest BCUT2D eigenvalue weighted by atomic mass is 9.56. The van der Waals surface area contributed by atoms with Crippen molar-refractivity contribution in [1.29, 1.82) is 0 Å². The Balaban J connectivity index is 1.02. The molecule has 1 aliphatic heterocycles. The van der Waals surface area contributed by atoms with Crippen LogP contribution in [0.25, 0.3) is 0 Å². The molecular weight excluding hydrogens is 394 g/mol. The van der Waals surface area contributed by atoms with Crippen LogP contribution in [0.2, 0.25) is 0 Å². The van der Waals surface area contributed by atoms with Gasteiger partial charge >= 0.3 is 0 Å². The summed E-state index contributed by atoms with van der Waals surface area (Å²) in [5, 5.41) is 12.3. The van der Waals surface area contributed by atoms with Crippen molar-refractivity contribution in [3.63, 3.8) is 0 Å². The van der Waals surface area contributed by atoms with Gasteiger partial charge in [0, 0.05) is 36.6 Å². The molecule has 1 saturated heterocycles. The Kier molecular flexibility index (Phi) is 3.80. The number of hydrogen-bond donors (Lipinski definition) is 1. The third kappa shape index (κ3) is 2.65. The van der Waals surface area contributed by atoms with Crippen LogP contribution < -0.4 is 5.73 Å². The van der Waals surface area contributed by atoms with Crippen molar-refractivity contribution < 1.29 is 14.5 Å².